The summed E-state index contributed by atoms with van der Waals surface area (Å²) >= 11 is 5.56. The van der Waals surface area contributed by atoms with Gasteiger partial charge in [-0.05, 0) is 77.5 Å². The largest absolute Gasteiger partial charge is 0.490 e. The molecule has 35 heavy (non-hydrogen) atoms. The van der Waals surface area contributed by atoms with Crippen molar-refractivity contribution < 1.29 is 18.7 Å². The molecule has 0 aliphatic rings. The van der Waals surface area contributed by atoms with Crippen molar-refractivity contribution in [1.82, 2.24) is 5.43 Å². The normalized spacial score (nSPS) is 10.9. The van der Waals surface area contributed by atoms with Crippen LogP contribution in [0.4, 0.5) is 0 Å². The Labute approximate surface area is 224 Å². The second-order valence-corrected chi connectivity index (χ2v) is 9.39. The van der Waals surface area contributed by atoms with Crippen LogP contribution in [0.2, 0.25) is 0 Å². The molecule has 0 spiro atoms. The van der Waals surface area contributed by atoms with E-state index in [9.17, 15) is 10.1 Å². The molecule has 1 amide bonds. The van der Waals surface area contributed by atoms with Crippen LogP contribution < -0.4 is 14.9 Å². The van der Waals surface area contributed by atoms with Crippen LogP contribution in [-0.4, -0.2) is 18.7 Å². The Bertz CT molecular complexity index is 1460. The van der Waals surface area contributed by atoms with Crippen molar-refractivity contribution in [3.05, 3.63) is 91.2 Å². The van der Waals surface area contributed by atoms with Crippen molar-refractivity contribution >= 4 is 61.6 Å². The van der Waals surface area contributed by atoms with E-state index in [0.717, 1.165) is 24.6 Å². The molecular formula is C26H19BrIN3O4. The molecule has 0 unspecified atom stereocenters. The number of benzene rings is 3. The zero-order chi connectivity index (χ0) is 24.8. The zero-order valence-corrected chi connectivity index (χ0v) is 22.3. The monoisotopic (exact) mass is 643 g/mol. The van der Waals surface area contributed by atoms with E-state index in [0.29, 0.717) is 29.3 Å². The summed E-state index contributed by atoms with van der Waals surface area (Å²) in [5, 5.41) is 14.2. The second kappa shape index (κ2) is 11.4. The van der Waals surface area contributed by atoms with Crippen LogP contribution in [0.15, 0.2) is 74.7 Å². The lowest BCUT2D eigenvalue weighted by atomic mass is 10.1. The summed E-state index contributed by atoms with van der Waals surface area (Å²) in [5.74, 6) is 0.838. The van der Waals surface area contributed by atoms with Gasteiger partial charge >= 0.3 is 5.91 Å². The molecule has 0 bridgehead atoms. The first-order valence-electron chi connectivity index (χ1n) is 10.6. The van der Waals surface area contributed by atoms with E-state index in [-0.39, 0.29) is 12.4 Å². The number of nitrogens with one attached hydrogen (secondary N) is 1. The number of nitrogens with zero attached hydrogens (tertiary/aromatic N) is 2. The van der Waals surface area contributed by atoms with Gasteiger partial charge in [-0.2, -0.15) is 10.4 Å². The number of rotatable bonds is 8. The summed E-state index contributed by atoms with van der Waals surface area (Å²) < 4.78 is 19.1. The van der Waals surface area contributed by atoms with Crippen LogP contribution in [-0.2, 0) is 6.61 Å². The third-order valence-corrected chi connectivity index (χ3v) is 6.22. The van der Waals surface area contributed by atoms with Gasteiger partial charge in [-0.15, -0.1) is 0 Å². The van der Waals surface area contributed by atoms with Crippen LogP contribution in [0.25, 0.3) is 11.0 Å². The van der Waals surface area contributed by atoms with E-state index in [2.05, 4.69) is 55.1 Å². The van der Waals surface area contributed by atoms with Crippen molar-refractivity contribution in [3.63, 3.8) is 0 Å². The van der Waals surface area contributed by atoms with Crippen LogP contribution in [0.3, 0.4) is 0 Å². The molecule has 0 atom stereocenters. The highest BCUT2D eigenvalue weighted by atomic mass is 127. The molecule has 0 fully saturated rings. The van der Waals surface area contributed by atoms with E-state index in [1.807, 2.05) is 43.3 Å². The predicted molar refractivity (Wildman–Crippen MR) is 145 cm³/mol. The Morgan fingerprint density at radius 2 is 2.03 bits per heavy atom. The topological polar surface area (TPSA) is 96.8 Å². The number of amides is 1. The van der Waals surface area contributed by atoms with E-state index in [1.165, 1.54) is 6.21 Å². The quantitative estimate of drug-likeness (QED) is 0.136. The van der Waals surface area contributed by atoms with Crippen molar-refractivity contribution in [2.24, 2.45) is 5.10 Å². The molecule has 1 N–H and O–H groups in total. The Morgan fingerprint density at radius 1 is 1.20 bits per heavy atom. The number of hydrazone groups is 1. The fourth-order valence-corrected chi connectivity index (χ4v) is 4.48. The average Bonchev–Trinajstić information content (AvgIpc) is 3.27. The van der Waals surface area contributed by atoms with Gasteiger partial charge in [-0.1, -0.05) is 34.1 Å². The number of ether oxygens (including phenoxy) is 2. The molecule has 0 aliphatic carbocycles. The standard InChI is InChI=1S/C26H19BrIN3O4/c1-2-33-23-10-16(9-21(28)25(23)34-15-18-6-4-3-5-17(18)13-29)14-30-31-26(32)24-12-19-11-20(27)7-8-22(19)35-24/h3-12,14H,2,15H2,1H3,(H,31,32)/b30-14+. The highest BCUT2D eigenvalue weighted by Gasteiger charge is 2.14. The van der Waals surface area contributed by atoms with E-state index < -0.39 is 5.91 Å². The highest BCUT2D eigenvalue weighted by molar-refractivity contribution is 14.1. The van der Waals surface area contributed by atoms with Gasteiger partial charge < -0.3 is 13.9 Å². The third kappa shape index (κ3) is 6.01. The van der Waals surface area contributed by atoms with Gasteiger partial charge in [0.15, 0.2) is 17.3 Å². The van der Waals surface area contributed by atoms with Crippen molar-refractivity contribution in [2.75, 3.05) is 6.61 Å². The SMILES string of the molecule is CCOc1cc(/C=N/NC(=O)c2cc3cc(Br)ccc3o2)cc(I)c1OCc1ccccc1C#N. The molecular weight excluding hydrogens is 625 g/mol. The first-order chi connectivity index (χ1) is 17.0. The molecule has 0 saturated carbocycles. The van der Waals surface area contributed by atoms with Crippen LogP contribution in [0.5, 0.6) is 11.5 Å². The Kier molecular flexibility index (Phi) is 8.05. The maximum atomic E-state index is 12.5. The van der Waals surface area contributed by atoms with E-state index >= 15 is 0 Å². The maximum Gasteiger partial charge on any atom is 0.307 e. The number of fused-ring (bicyclic) bond motifs is 1. The Hall–Kier alpha value is -3.36. The Morgan fingerprint density at radius 3 is 2.83 bits per heavy atom. The number of carbonyl (C=O) groups excluding carboxylic acids is 1. The van der Waals surface area contributed by atoms with Gasteiger partial charge in [0.2, 0.25) is 0 Å². The summed E-state index contributed by atoms with van der Waals surface area (Å²) in [4.78, 5) is 12.5. The molecule has 1 aromatic heterocycles. The van der Waals surface area contributed by atoms with Crippen LogP contribution >= 0.6 is 38.5 Å². The summed E-state index contributed by atoms with van der Waals surface area (Å²) in [7, 11) is 0. The summed E-state index contributed by atoms with van der Waals surface area (Å²) in [5.41, 5.74) is 5.18. The van der Waals surface area contributed by atoms with Crippen LogP contribution in [0, 0.1) is 14.9 Å². The minimum atomic E-state index is -0.454. The first kappa shape index (κ1) is 24.8. The lowest BCUT2D eigenvalue weighted by Gasteiger charge is -2.15. The number of halogens is 2. The van der Waals surface area contributed by atoms with E-state index in [1.54, 1.807) is 24.3 Å². The number of hydrogen-bond acceptors (Lipinski definition) is 6. The van der Waals surface area contributed by atoms with E-state index in [4.69, 9.17) is 13.9 Å². The summed E-state index contributed by atoms with van der Waals surface area (Å²) in [6.45, 7) is 2.56. The van der Waals surface area contributed by atoms with Gasteiger partial charge in [0.05, 0.1) is 28.0 Å². The number of carbonyl (C=O) groups is 1. The molecule has 176 valence electrons. The molecule has 9 heteroatoms. The number of hydrogen-bond donors (Lipinski definition) is 1. The third-order valence-electron chi connectivity index (χ3n) is 4.92. The molecule has 1 heterocycles. The first-order valence-corrected chi connectivity index (χ1v) is 12.4. The molecule has 4 aromatic rings. The molecule has 0 radical (unpaired) electrons. The molecule has 0 aliphatic heterocycles. The molecule has 7 nitrogen and oxygen atoms in total. The highest BCUT2D eigenvalue weighted by Crippen LogP contribution is 2.34. The predicted octanol–water partition coefficient (Wildman–Crippen LogP) is 6.41. The molecule has 4 rings (SSSR count). The van der Waals surface area contributed by atoms with Gasteiger partial charge in [0, 0.05) is 15.4 Å². The molecule has 3 aromatic carbocycles. The maximum absolute atomic E-state index is 12.5. The minimum absolute atomic E-state index is 0.168. The number of furan rings is 1. The minimum Gasteiger partial charge on any atom is -0.490 e. The average molecular weight is 644 g/mol. The van der Waals surface area contributed by atoms with Gasteiger partial charge in [0.1, 0.15) is 12.2 Å². The lowest BCUT2D eigenvalue weighted by molar-refractivity contribution is 0.0929. The van der Waals surface area contributed by atoms with Gasteiger partial charge in [-0.25, -0.2) is 5.43 Å². The van der Waals surface area contributed by atoms with Crippen molar-refractivity contribution in [3.8, 4) is 17.6 Å². The Balaban J connectivity index is 1.48. The zero-order valence-electron chi connectivity index (χ0n) is 18.5. The van der Waals surface area contributed by atoms with Gasteiger partial charge in [0.25, 0.3) is 0 Å². The summed E-state index contributed by atoms with van der Waals surface area (Å²) in [6, 6.07) is 20.3. The smallest absolute Gasteiger partial charge is 0.307 e. The fraction of sp³-hybridized carbons (Fsp3) is 0.115. The van der Waals surface area contributed by atoms with Crippen molar-refractivity contribution in [2.45, 2.75) is 13.5 Å². The van der Waals surface area contributed by atoms with Crippen LogP contribution in [0.1, 0.15) is 34.2 Å². The summed E-state index contributed by atoms with van der Waals surface area (Å²) in [6.07, 6.45) is 1.52. The number of nitriles is 1. The molecule has 0 saturated heterocycles. The fourth-order valence-electron chi connectivity index (χ4n) is 3.32. The van der Waals surface area contributed by atoms with Gasteiger partial charge in [-0.3, -0.25) is 4.79 Å². The second-order valence-electron chi connectivity index (χ2n) is 7.31. The lowest BCUT2D eigenvalue weighted by Crippen LogP contribution is -2.16. The van der Waals surface area contributed by atoms with Crippen molar-refractivity contribution in [1.29, 1.82) is 5.26 Å².